The summed E-state index contributed by atoms with van der Waals surface area (Å²) >= 11 is 0. The quantitative estimate of drug-likeness (QED) is 0.773. The van der Waals surface area contributed by atoms with Crippen molar-refractivity contribution in [2.45, 2.75) is 20.0 Å². The highest BCUT2D eigenvalue weighted by atomic mass is 19.4. The molecule has 2 rings (SSSR count). The molecule has 7 heteroatoms. The van der Waals surface area contributed by atoms with E-state index in [-0.39, 0.29) is 12.5 Å². The van der Waals surface area contributed by atoms with Crippen LogP contribution in [-0.2, 0) is 15.8 Å². The summed E-state index contributed by atoms with van der Waals surface area (Å²) < 4.78 is 37.5. The molecule has 0 saturated heterocycles. The second-order valence-electron chi connectivity index (χ2n) is 5.99. The summed E-state index contributed by atoms with van der Waals surface area (Å²) in [4.78, 5) is 23.7. The Bertz CT molecular complexity index is 836. The minimum Gasteiger partial charge on any atom is -0.343 e. The van der Waals surface area contributed by atoms with Gasteiger partial charge in [0, 0.05) is 11.8 Å². The van der Waals surface area contributed by atoms with Crippen LogP contribution in [0.4, 0.5) is 18.9 Å². The second kappa shape index (κ2) is 8.53. The van der Waals surface area contributed by atoms with Gasteiger partial charge in [0.05, 0.1) is 12.1 Å². The number of para-hydroxylation sites is 1. The summed E-state index contributed by atoms with van der Waals surface area (Å²) in [6, 6.07) is 10.0. The molecule has 0 aromatic heterocycles. The molecule has 0 unspecified atom stereocenters. The summed E-state index contributed by atoms with van der Waals surface area (Å²) in [7, 11) is 0. The lowest BCUT2D eigenvalue weighted by Gasteiger charge is -2.11. The van der Waals surface area contributed by atoms with Gasteiger partial charge >= 0.3 is 6.18 Å². The van der Waals surface area contributed by atoms with Gasteiger partial charge in [-0.3, -0.25) is 9.59 Å². The molecule has 0 fully saturated rings. The average Bonchev–Trinajstić information content (AvgIpc) is 2.61. The SMILES string of the molecule is Cc1cccc(C)c1NC(=O)CNC(=O)C=Cc1ccc(C(F)(F)F)cc1. The molecule has 27 heavy (non-hydrogen) atoms. The van der Waals surface area contributed by atoms with Crippen molar-refractivity contribution in [3.8, 4) is 0 Å². The van der Waals surface area contributed by atoms with Crippen LogP contribution >= 0.6 is 0 Å². The minimum absolute atomic E-state index is 0.218. The maximum absolute atomic E-state index is 12.5. The Morgan fingerprint density at radius 2 is 1.59 bits per heavy atom. The molecule has 0 saturated carbocycles. The zero-order valence-electron chi connectivity index (χ0n) is 14.9. The first-order valence-electron chi connectivity index (χ1n) is 8.16. The Hall–Kier alpha value is -3.09. The third-order valence-electron chi connectivity index (χ3n) is 3.83. The summed E-state index contributed by atoms with van der Waals surface area (Å²) in [5.74, 6) is -0.893. The largest absolute Gasteiger partial charge is 0.416 e. The highest BCUT2D eigenvalue weighted by Crippen LogP contribution is 2.29. The number of hydrogen-bond donors (Lipinski definition) is 2. The van der Waals surface area contributed by atoms with E-state index in [2.05, 4.69) is 10.6 Å². The van der Waals surface area contributed by atoms with Crippen LogP contribution in [0.1, 0.15) is 22.3 Å². The van der Waals surface area contributed by atoms with Crippen molar-refractivity contribution in [1.29, 1.82) is 0 Å². The number of rotatable bonds is 5. The topological polar surface area (TPSA) is 58.2 Å². The number of benzene rings is 2. The Kier molecular flexibility index (Phi) is 6.39. The van der Waals surface area contributed by atoms with Gasteiger partial charge < -0.3 is 10.6 Å². The van der Waals surface area contributed by atoms with E-state index in [0.29, 0.717) is 11.3 Å². The molecular weight excluding hydrogens is 357 g/mol. The fourth-order valence-electron chi connectivity index (χ4n) is 2.38. The Morgan fingerprint density at radius 1 is 1.00 bits per heavy atom. The molecule has 0 atom stereocenters. The molecule has 0 heterocycles. The first-order chi connectivity index (χ1) is 12.7. The van der Waals surface area contributed by atoms with Crippen LogP contribution in [0.15, 0.2) is 48.5 Å². The van der Waals surface area contributed by atoms with E-state index in [9.17, 15) is 22.8 Å². The van der Waals surface area contributed by atoms with Crippen molar-refractivity contribution in [3.05, 3.63) is 70.8 Å². The van der Waals surface area contributed by atoms with Crippen molar-refractivity contribution in [2.75, 3.05) is 11.9 Å². The van der Waals surface area contributed by atoms with Crippen molar-refractivity contribution < 1.29 is 22.8 Å². The Labute approximate surface area is 155 Å². The molecule has 0 bridgehead atoms. The van der Waals surface area contributed by atoms with Crippen LogP contribution in [0.25, 0.3) is 6.08 Å². The van der Waals surface area contributed by atoms with Crippen molar-refractivity contribution >= 4 is 23.6 Å². The van der Waals surface area contributed by atoms with Crippen LogP contribution in [0.3, 0.4) is 0 Å². The van der Waals surface area contributed by atoms with E-state index in [1.165, 1.54) is 18.2 Å². The first kappa shape index (κ1) is 20.2. The molecule has 4 nitrogen and oxygen atoms in total. The minimum atomic E-state index is -4.40. The third-order valence-corrected chi connectivity index (χ3v) is 3.83. The predicted octanol–water partition coefficient (Wildman–Crippen LogP) is 4.09. The highest BCUT2D eigenvalue weighted by Gasteiger charge is 2.29. The number of anilines is 1. The summed E-state index contributed by atoms with van der Waals surface area (Å²) in [6.45, 7) is 3.52. The van der Waals surface area contributed by atoms with Crippen LogP contribution in [0, 0.1) is 13.8 Å². The van der Waals surface area contributed by atoms with Crippen molar-refractivity contribution in [3.63, 3.8) is 0 Å². The lowest BCUT2D eigenvalue weighted by atomic mass is 10.1. The number of alkyl halides is 3. The maximum atomic E-state index is 12.5. The summed E-state index contributed by atoms with van der Waals surface area (Å²) in [5.41, 5.74) is 2.22. The molecule has 0 spiro atoms. The molecular formula is C20H19F3N2O2. The smallest absolute Gasteiger partial charge is 0.343 e. The van der Waals surface area contributed by atoms with Crippen LogP contribution in [-0.4, -0.2) is 18.4 Å². The van der Waals surface area contributed by atoms with Gasteiger partial charge in [-0.05, 0) is 48.7 Å². The van der Waals surface area contributed by atoms with Gasteiger partial charge in [0.2, 0.25) is 11.8 Å². The summed E-state index contributed by atoms with van der Waals surface area (Å²) in [5, 5.41) is 5.17. The standard InChI is InChI=1S/C20H19F3N2O2/c1-13-4-3-5-14(2)19(13)25-18(27)12-24-17(26)11-8-15-6-9-16(10-7-15)20(21,22)23/h3-11H,12H2,1-2H3,(H,24,26)(H,25,27). The van der Waals surface area contributed by atoms with E-state index >= 15 is 0 Å². The van der Waals surface area contributed by atoms with E-state index in [4.69, 9.17) is 0 Å². The monoisotopic (exact) mass is 376 g/mol. The number of carbonyl (C=O) groups is 2. The molecule has 2 aromatic carbocycles. The molecule has 2 amide bonds. The number of aryl methyl sites for hydroxylation is 2. The first-order valence-corrected chi connectivity index (χ1v) is 8.16. The maximum Gasteiger partial charge on any atom is 0.416 e. The molecule has 0 aliphatic heterocycles. The van der Waals surface area contributed by atoms with Gasteiger partial charge in [0.15, 0.2) is 0 Å². The Morgan fingerprint density at radius 3 is 2.15 bits per heavy atom. The number of hydrogen-bond acceptors (Lipinski definition) is 2. The molecule has 0 radical (unpaired) electrons. The van der Waals surface area contributed by atoms with E-state index in [1.54, 1.807) is 0 Å². The lowest BCUT2D eigenvalue weighted by molar-refractivity contribution is -0.137. The molecule has 0 aliphatic carbocycles. The van der Waals surface area contributed by atoms with Crippen LogP contribution in [0.2, 0.25) is 0 Å². The normalized spacial score (nSPS) is 11.4. The van der Waals surface area contributed by atoms with Gasteiger partial charge in [-0.2, -0.15) is 13.2 Å². The zero-order valence-corrected chi connectivity index (χ0v) is 14.9. The fourth-order valence-corrected chi connectivity index (χ4v) is 2.38. The van der Waals surface area contributed by atoms with Crippen molar-refractivity contribution in [2.24, 2.45) is 0 Å². The fraction of sp³-hybridized carbons (Fsp3) is 0.200. The molecule has 2 aromatic rings. The lowest BCUT2D eigenvalue weighted by Crippen LogP contribution is -2.32. The highest BCUT2D eigenvalue weighted by molar-refractivity contribution is 5.98. The Balaban J connectivity index is 1.87. The number of amides is 2. The molecule has 0 aliphatic rings. The van der Waals surface area contributed by atoms with Gasteiger partial charge in [-0.25, -0.2) is 0 Å². The van der Waals surface area contributed by atoms with Gasteiger partial charge in [-0.1, -0.05) is 30.3 Å². The van der Waals surface area contributed by atoms with E-state index < -0.39 is 17.6 Å². The third kappa shape index (κ3) is 5.99. The van der Waals surface area contributed by atoms with Gasteiger partial charge in [-0.15, -0.1) is 0 Å². The summed E-state index contributed by atoms with van der Waals surface area (Å²) in [6.07, 6.45) is -1.86. The van der Waals surface area contributed by atoms with Crippen LogP contribution < -0.4 is 10.6 Å². The number of carbonyl (C=O) groups excluding carboxylic acids is 2. The van der Waals surface area contributed by atoms with Crippen LogP contribution in [0.5, 0.6) is 0 Å². The average molecular weight is 376 g/mol. The van der Waals surface area contributed by atoms with Gasteiger partial charge in [0.25, 0.3) is 0 Å². The van der Waals surface area contributed by atoms with Gasteiger partial charge in [0.1, 0.15) is 0 Å². The zero-order chi connectivity index (χ0) is 20.0. The van der Waals surface area contributed by atoms with E-state index in [0.717, 1.165) is 29.3 Å². The molecule has 2 N–H and O–H groups in total. The number of halogens is 3. The predicted molar refractivity (Wildman–Crippen MR) is 98.0 cm³/mol. The second-order valence-corrected chi connectivity index (χ2v) is 5.99. The van der Waals surface area contributed by atoms with E-state index in [1.807, 2.05) is 32.0 Å². The van der Waals surface area contributed by atoms with Crippen molar-refractivity contribution in [1.82, 2.24) is 5.32 Å². The number of nitrogens with one attached hydrogen (secondary N) is 2. The molecule has 142 valence electrons.